The summed E-state index contributed by atoms with van der Waals surface area (Å²) in [5, 5.41) is 2.87. The highest BCUT2D eigenvalue weighted by Crippen LogP contribution is 2.42. The van der Waals surface area contributed by atoms with Gasteiger partial charge in [0.25, 0.3) is 5.91 Å². The van der Waals surface area contributed by atoms with E-state index in [0.717, 1.165) is 16.6 Å². The number of sulfonamides is 1. The Morgan fingerprint density at radius 3 is 2.28 bits per heavy atom. The predicted octanol–water partition coefficient (Wildman–Crippen LogP) is 6.75. The van der Waals surface area contributed by atoms with Crippen molar-refractivity contribution in [3.63, 3.8) is 0 Å². The molecule has 0 radical (unpaired) electrons. The van der Waals surface area contributed by atoms with Crippen LogP contribution in [0.15, 0.2) is 81.6 Å². The van der Waals surface area contributed by atoms with Gasteiger partial charge in [0.05, 0.1) is 17.5 Å². The number of hydrogen-bond donors (Lipinski definition) is 1. The molecule has 218 valence electrons. The molecule has 0 bridgehead atoms. The lowest BCUT2D eigenvalue weighted by Gasteiger charge is -2.21. The maximum absolute atomic E-state index is 15.1. The molecule has 43 heavy (non-hydrogen) atoms. The van der Waals surface area contributed by atoms with Crippen molar-refractivity contribution in [2.24, 2.45) is 0 Å². The minimum atomic E-state index is -3.83. The van der Waals surface area contributed by atoms with Gasteiger partial charge in [-0.2, -0.15) is 0 Å². The highest BCUT2D eigenvalue weighted by atomic mass is 32.2. The first kappa shape index (κ1) is 28.0. The summed E-state index contributed by atoms with van der Waals surface area (Å²) < 4.78 is 81.1. The maximum atomic E-state index is 15.1. The van der Waals surface area contributed by atoms with Gasteiger partial charge in [-0.05, 0) is 66.2 Å². The number of para-hydroxylation sites is 1. The van der Waals surface area contributed by atoms with Gasteiger partial charge < -0.3 is 14.2 Å². The Kier molecular flexibility index (Phi) is 6.73. The first-order valence-corrected chi connectivity index (χ1v) is 14.7. The van der Waals surface area contributed by atoms with Crippen LogP contribution in [-0.4, -0.2) is 39.7 Å². The summed E-state index contributed by atoms with van der Waals surface area (Å²) in [6.07, 6.45) is 1.01. The fourth-order valence-electron chi connectivity index (χ4n) is 4.87. The van der Waals surface area contributed by atoms with Crippen LogP contribution in [0.4, 0.5) is 18.9 Å². The van der Waals surface area contributed by atoms with Gasteiger partial charge in [0.2, 0.25) is 15.9 Å². The van der Waals surface area contributed by atoms with E-state index < -0.39 is 33.4 Å². The molecule has 6 aromatic rings. The standard InChI is InChI=1S/C31H22F3N3O5S/c1-35-30(38)27-22-14-21(17-11-18(13-20(33)12-17)31-36-24-6-4-5-23(34)29(24)42-31)25(37(2)43(3,39)40)15-26(22)41-28(27)16-7-9-19(32)10-8-16/h4-15H,1-3H3,(H,35,38). The van der Waals surface area contributed by atoms with Crippen molar-refractivity contribution in [1.82, 2.24) is 10.3 Å². The van der Waals surface area contributed by atoms with Crippen LogP contribution in [-0.2, 0) is 10.0 Å². The summed E-state index contributed by atoms with van der Waals surface area (Å²) in [5.74, 6) is -2.24. The second-order valence-electron chi connectivity index (χ2n) is 9.82. The lowest BCUT2D eigenvalue weighted by Crippen LogP contribution is -2.25. The zero-order chi connectivity index (χ0) is 30.6. The van der Waals surface area contributed by atoms with Gasteiger partial charge in [0.1, 0.15) is 28.5 Å². The Morgan fingerprint density at radius 2 is 1.60 bits per heavy atom. The minimum absolute atomic E-state index is 0.0482. The van der Waals surface area contributed by atoms with Gasteiger partial charge in [-0.15, -0.1) is 0 Å². The molecule has 0 spiro atoms. The molecule has 2 heterocycles. The van der Waals surface area contributed by atoms with E-state index in [1.54, 1.807) is 6.07 Å². The van der Waals surface area contributed by atoms with Gasteiger partial charge in [0.15, 0.2) is 11.4 Å². The molecule has 0 unspecified atom stereocenters. The Hall–Kier alpha value is -5.10. The Bertz CT molecular complexity index is 2170. The van der Waals surface area contributed by atoms with Crippen LogP contribution in [0, 0.1) is 17.5 Å². The molecule has 1 N–H and O–H groups in total. The number of nitrogens with zero attached hydrogens (tertiary/aromatic N) is 2. The van der Waals surface area contributed by atoms with E-state index in [1.807, 2.05) is 0 Å². The lowest BCUT2D eigenvalue weighted by atomic mass is 9.97. The number of carbonyl (C=O) groups is 1. The third kappa shape index (κ3) is 4.99. The predicted molar refractivity (Wildman–Crippen MR) is 157 cm³/mol. The van der Waals surface area contributed by atoms with E-state index in [9.17, 15) is 22.0 Å². The number of furan rings is 1. The molecule has 6 rings (SSSR count). The Morgan fingerprint density at radius 1 is 0.884 bits per heavy atom. The summed E-state index contributed by atoms with van der Waals surface area (Å²) in [5.41, 5.74) is 1.58. The highest BCUT2D eigenvalue weighted by molar-refractivity contribution is 7.92. The van der Waals surface area contributed by atoms with Crippen molar-refractivity contribution in [3.8, 4) is 33.9 Å². The van der Waals surface area contributed by atoms with Crippen LogP contribution in [0.25, 0.3) is 56.0 Å². The number of carbonyl (C=O) groups excluding carboxylic acids is 1. The van der Waals surface area contributed by atoms with E-state index in [0.29, 0.717) is 10.9 Å². The number of aromatic nitrogens is 1. The van der Waals surface area contributed by atoms with Crippen LogP contribution >= 0.6 is 0 Å². The third-order valence-electron chi connectivity index (χ3n) is 7.03. The molecule has 0 aliphatic carbocycles. The number of nitrogens with one attached hydrogen (secondary N) is 1. The maximum Gasteiger partial charge on any atom is 0.255 e. The molecule has 0 atom stereocenters. The van der Waals surface area contributed by atoms with Gasteiger partial charge >= 0.3 is 0 Å². The number of oxazole rings is 1. The number of anilines is 1. The summed E-state index contributed by atoms with van der Waals surface area (Å²) in [7, 11) is -1.06. The molecule has 12 heteroatoms. The summed E-state index contributed by atoms with van der Waals surface area (Å²) in [6.45, 7) is 0. The zero-order valence-corrected chi connectivity index (χ0v) is 23.7. The van der Waals surface area contributed by atoms with Crippen LogP contribution in [0.1, 0.15) is 10.4 Å². The Labute approximate surface area is 243 Å². The van der Waals surface area contributed by atoms with Gasteiger partial charge in [-0.3, -0.25) is 9.10 Å². The van der Waals surface area contributed by atoms with Crippen molar-refractivity contribution < 1.29 is 35.2 Å². The average Bonchev–Trinajstić information content (AvgIpc) is 3.58. The topological polar surface area (TPSA) is 106 Å². The first-order chi connectivity index (χ1) is 20.4. The fourth-order valence-corrected chi connectivity index (χ4v) is 5.37. The van der Waals surface area contributed by atoms with Crippen molar-refractivity contribution in [3.05, 3.63) is 95.8 Å². The zero-order valence-electron chi connectivity index (χ0n) is 22.9. The third-order valence-corrected chi connectivity index (χ3v) is 8.22. The largest absolute Gasteiger partial charge is 0.455 e. The minimum Gasteiger partial charge on any atom is -0.455 e. The molecule has 0 aliphatic rings. The highest BCUT2D eigenvalue weighted by Gasteiger charge is 2.26. The van der Waals surface area contributed by atoms with Crippen molar-refractivity contribution in [1.29, 1.82) is 0 Å². The van der Waals surface area contributed by atoms with Crippen LogP contribution < -0.4 is 9.62 Å². The van der Waals surface area contributed by atoms with Gasteiger partial charge in [-0.1, -0.05) is 6.07 Å². The molecule has 4 aromatic carbocycles. The van der Waals surface area contributed by atoms with Crippen molar-refractivity contribution in [2.45, 2.75) is 0 Å². The van der Waals surface area contributed by atoms with E-state index in [1.165, 1.54) is 74.8 Å². The number of rotatable bonds is 6. The number of fused-ring (bicyclic) bond motifs is 2. The fraction of sp³-hybridized carbons (Fsp3) is 0.0968. The van der Waals surface area contributed by atoms with E-state index in [4.69, 9.17) is 8.83 Å². The summed E-state index contributed by atoms with van der Waals surface area (Å²) in [4.78, 5) is 17.4. The molecular weight excluding hydrogens is 583 g/mol. The smallest absolute Gasteiger partial charge is 0.255 e. The van der Waals surface area contributed by atoms with E-state index >= 15 is 4.39 Å². The van der Waals surface area contributed by atoms with Gasteiger partial charge in [0, 0.05) is 42.2 Å². The lowest BCUT2D eigenvalue weighted by molar-refractivity contribution is 0.0964. The molecule has 8 nitrogen and oxygen atoms in total. The molecule has 0 aliphatic heterocycles. The molecule has 2 aromatic heterocycles. The van der Waals surface area contributed by atoms with Crippen molar-refractivity contribution in [2.75, 3.05) is 24.7 Å². The number of halogens is 3. The van der Waals surface area contributed by atoms with E-state index in [2.05, 4.69) is 10.3 Å². The van der Waals surface area contributed by atoms with E-state index in [-0.39, 0.29) is 56.3 Å². The number of hydrogen-bond acceptors (Lipinski definition) is 6. The Balaban J connectivity index is 1.63. The molecule has 1 amide bonds. The van der Waals surface area contributed by atoms with Crippen LogP contribution in [0.3, 0.4) is 0 Å². The van der Waals surface area contributed by atoms with Crippen molar-refractivity contribution >= 4 is 43.7 Å². The summed E-state index contributed by atoms with van der Waals surface area (Å²) >= 11 is 0. The molecule has 0 saturated heterocycles. The monoisotopic (exact) mass is 605 g/mol. The molecule has 0 saturated carbocycles. The average molecular weight is 606 g/mol. The normalized spacial score (nSPS) is 11.8. The number of amides is 1. The number of benzene rings is 4. The molecule has 0 fully saturated rings. The first-order valence-electron chi connectivity index (χ1n) is 12.8. The summed E-state index contributed by atoms with van der Waals surface area (Å²) in [6, 6.07) is 16.4. The van der Waals surface area contributed by atoms with Crippen LogP contribution in [0.5, 0.6) is 0 Å². The second kappa shape index (κ2) is 10.3. The second-order valence-corrected chi connectivity index (χ2v) is 11.8. The quantitative estimate of drug-likeness (QED) is 0.225. The molecular formula is C31H22F3N3O5S. The van der Waals surface area contributed by atoms with Crippen LogP contribution in [0.2, 0.25) is 0 Å². The van der Waals surface area contributed by atoms with Gasteiger partial charge in [-0.25, -0.2) is 26.6 Å². The SMILES string of the molecule is CNC(=O)c1c(-c2ccc(F)cc2)oc2cc(N(C)S(C)(=O)=O)c(-c3cc(F)cc(-c4nc5cccc(F)c5o4)c3)cc12.